The summed E-state index contributed by atoms with van der Waals surface area (Å²) in [5.41, 5.74) is 0.697. The summed E-state index contributed by atoms with van der Waals surface area (Å²) in [4.78, 5) is 19.9. The summed E-state index contributed by atoms with van der Waals surface area (Å²) in [6, 6.07) is 8.06. The predicted molar refractivity (Wildman–Crippen MR) is 108 cm³/mol. The van der Waals surface area contributed by atoms with E-state index in [0.717, 1.165) is 19.1 Å². The number of hydrogen-bond acceptors (Lipinski definition) is 3. The number of piperidine rings is 2. The van der Waals surface area contributed by atoms with Gasteiger partial charge in [0.05, 0.1) is 0 Å². The maximum atomic E-state index is 12.8. The van der Waals surface area contributed by atoms with Gasteiger partial charge in [0.25, 0.3) is 5.91 Å². The van der Waals surface area contributed by atoms with Crippen molar-refractivity contribution in [3.63, 3.8) is 0 Å². The largest absolute Gasteiger partial charge is 0.339 e. The molecule has 2 aliphatic rings. The highest BCUT2D eigenvalue weighted by molar-refractivity contribution is 6.30. The average Bonchev–Trinajstić information content (AvgIpc) is 2.67. The minimum absolute atomic E-state index is 0.104. The van der Waals surface area contributed by atoms with E-state index in [-0.39, 0.29) is 5.91 Å². The van der Waals surface area contributed by atoms with Gasteiger partial charge in [0, 0.05) is 29.7 Å². The van der Waals surface area contributed by atoms with Crippen LogP contribution in [0.25, 0.3) is 0 Å². The number of nitrogens with zero attached hydrogens (tertiary/aromatic N) is 3. The Labute approximate surface area is 163 Å². The number of carbonyl (C=O) groups is 1. The van der Waals surface area contributed by atoms with Gasteiger partial charge in [-0.25, -0.2) is 0 Å². The molecule has 0 N–H and O–H groups in total. The van der Waals surface area contributed by atoms with Crippen molar-refractivity contribution < 1.29 is 4.79 Å². The van der Waals surface area contributed by atoms with E-state index >= 15 is 0 Å². The van der Waals surface area contributed by atoms with Crippen LogP contribution in [0.4, 0.5) is 0 Å². The van der Waals surface area contributed by atoms with Gasteiger partial charge in [-0.05, 0) is 90.0 Å². The van der Waals surface area contributed by atoms with Crippen LogP contribution in [-0.4, -0.2) is 73.0 Å². The third kappa shape index (κ3) is 4.99. The average molecular weight is 378 g/mol. The van der Waals surface area contributed by atoms with Gasteiger partial charge in [-0.3, -0.25) is 4.79 Å². The first-order valence-corrected chi connectivity index (χ1v) is 10.4. The van der Waals surface area contributed by atoms with Gasteiger partial charge in [0.2, 0.25) is 0 Å². The zero-order valence-corrected chi connectivity index (χ0v) is 16.9. The van der Waals surface area contributed by atoms with Gasteiger partial charge >= 0.3 is 0 Å². The molecule has 0 unspecified atom stereocenters. The lowest BCUT2D eigenvalue weighted by Crippen LogP contribution is -2.48. The van der Waals surface area contributed by atoms with Crippen molar-refractivity contribution in [3.05, 3.63) is 34.9 Å². The fourth-order valence-electron chi connectivity index (χ4n) is 4.33. The first kappa shape index (κ1) is 19.7. The molecule has 0 aliphatic carbocycles. The van der Waals surface area contributed by atoms with Crippen LogP contribution >= 0.6 is 11.6 Å². The number of carbonyl (C=O) groups excluding carboxylic acids is 1. The minimum Gasteiger partial charge on any atom is -0.339 e. The second-order valence-corrected chi connectivity index (χ2v) is 8.30. The first-order chi connectivity index (χ1) is 12.6. The van der Waals surface area contributed by atoms with Crippen LogP contribution in [-0.2, 0) is 0 Å². The van der Waals surface area contributed by atoms with Crippen molar-refractivity contribution in [2.75, 3.05) is 46.3 Å². The van der Waals surface area contributed by atoms with Crippen LogP contribution in [0.3, 0.4) is 0 Å². The normalized spacial score (nSPS) is 21.0. The summed E-state index contributed by atoms with van der Waals surface area (Å²) in [7, 11) is 2.22. The Morgan fingerprint density at radius 1 is 1.15 bits per heavy atom. The third-order valence-corrected chi connectivity index (χ3v) is 6.31. The molecule has 1 aromatic rings. The number of hydrogen-bond donors (Lipinski definition) is 0. The lowest BCUT2D eigenvalue weighted by Gasteiger charge is -2.41. The minimum atomic E-state index is 0.104. The molecule has 4 nitrogen and oxygen atoms in total. The Bertz CT molecular complexity index is 593. The lowest BCUT2D eigenvalue weighted by molar-refractivity contribution is 0.0611. The standard InChI is InChI=1S/C21H32ClN3O/c1-3-24(21(26)18-5-4-6-19(22)15-18)16-17-7-13-25(14-8-17)20-9-11-23(2)12-10-20/h4-6,15,17,20H,3,7-14,16H2,1-2H3. The monoisotopic (exact) mass is 377 g/mol. The smallest absolute Gasteiger partial charge is 0.253 e. The summed E-state index contributed by atoms with van der Waals surface area (Å²) in [5.74, 6) is 0.716. The molecule has 3 rings (SSSR count). The molecule has 0 atom stereocenters. The van der Waals surface area contributed by atoms with Crippen molar-refractivity contribution in [1.29, 1.82) is 0 Å². The molecule has 2 aliphatic heterocycles. The van der Waals surface area contributed by atoms with Crippen LogP contribution < -0.4 is 0 Å². The molecular formula is C21H32ClN3O. The topological polar surface area (TPSA) is 26.8 Å². The van der Waals surface area contributed by atoms with E-state index in [4.69, 9.17) is 11.6 Å². The van der Waals surface area contributed by atoms with Gasteiger partial charge in [0.1, 0.15) is 0 Å². The fraction of sp³-hybridized carbons (Fsp3) is 0.667. The van der Waals surface area contributed by atoms with Crippen molar-refractivity contribution >= 4 is 17.5 Å². The van der Waals surface area contributed by atoms with Crippen molar-refractivity contribution in [2.45, 2.75) is 38.6 Å². The van der Waals surface area contributed by atoms with Gasteiger partial charge in [-0.1, -0.05) is 17.7 Å². The Kier molecular flexibility index (Phi) is 6.96. The number of amides is 1. The Morgan fingerprint density at radius 2 is 1.85 bits per heavy atom. The van der Waals surface area contributed by atoms with E-state index in [2.05, 4.69) is 23.8 Å². The first-order valence-electron chi connectivity index (χ1n) is 10.0. The van der Waals surface area contributed by atoms with Crippen molar-refractivity contribution in [2.24, 2.45) is 5.92 Å². The highest BCUT2D eigenvalue weighted by Crippen LogP contribution is 2.25. The molecule has 26 heavy (non-hydrogen) atoms. The number of halogens is 1. The maximum absolute atomic E-state index is 12.8. The molecule has 2 saturated heterocycles. The highest BCUT2D eigenvalue weighted by atomic mass is 35.5. The van der Waals surface area contributed by atoms with Crippen LogP contribution in [0, 0.1) is 5.92 Å². The zero-order valence-electron chi connectivity index (χ0n) is 16.2. The molecule has 0 bridgehead atoms. The van der Waals surface area contributed by atoms with Gasteiger partial charge in [-0.2, -0.15) is 0 Å². The van der Waals surface area contributed by atoms with E-state index in [1.807, 2.05) is 23.1 Å². The maximum Gasteiger partial charge on any atom is 0.253 e. The van der Waals surface area contributed by atoms with Crippen molar-refractivity contribution in [3.8, 4) is 0 Å². The SMILES string of the molecule is CCN(CC1CCN(C2CCN(C)CC2)CC1)C(=O)c1cccc(Cl)c1. The second-order valence-electron chi connectivity index (χ2n) is 7.87. The summed E-state index contributed by atoms with van der Waals surface area (Å²) < 4.78 is 0. The van der Waals surface area contributed by atoms with Gasteiger partial charge < -0.3 is 14.7 Å². The molecular weight excluding hydrogens is 346 g/mol. The highest BCUT2D eigenvalue weighted by Gasteiger charge is 2.28. The van der Waals surface area contributed by atoms with Crippen LogP contribution in [0.15, 0.2) is 24.3 Å². The van der Waals surface area contributed by atoms with Crippen LogP contribution in [0.5, 0.6) is 0 Å². The van der Waals surface area contributed by atoms with E-state index in [0.29, 0.717) is 16.5 Å². The second kappa shape index (κ2) is 9.20. The number of benzene rings is 1. The molecule has 1 aromatic carbocycles. The summed E-state index contributed by atoms with van der Waals surface area (Å²) in [5, 5.41) is 0.623. The lowest BCUT2D eigenvalue weighted by atomic mass is 9.93. The Balaban J connectivity index is 1.50. The summed E-state index contributed by atoms with van der Waals surface area (Å²) >= 11 is 6.05. The van der Waals surface area contributed by atoms with Crippen molar-refractivity contribution in [1.82, 2.24) is 14.7 Å². The molecule has 1 amide bonds. The van der Waals surface area contributed by atoms with Gasteiger partial charge in [0.15, 0.2) is 0 Å². The van der Waals surface area contributed by atoms with E-state index in [1.54, 1.807) is 6.07 Å². The molecule has 0 aromatic heterocycles. The molecule has 0 spiro atoms. The zero-order chi connectivity index (χ0) is 18.5. The predicted octanol–water partition coefficient (Wildman–Crippen LogP) is 3.61. The molecule has 2 fully saturated rings. The van der Waals surface area contributed by atoms with E-state index < -0.39 is 0 Å². The molecule has 0 radical (unpaired) electrons. The number of rotatable bonds is 5. The molecule has 144 valence electrons. The molecule has 5 heteroatoms. The Hall–Kier alpha value is -1.10. The van der Waals surface area contributed by atoms with E-state index in [9.17, 15) is 4.79 Å². The Morgan fingerprint density at radius 3 is 2.46 bits per heavy atom. The van der Waals surface area contributed by atoms with E-state index in [1.165, 1.54) is 51.9 Å². The fourth-order valence-corrected chi connectivity index (χ4v) is 4.52. The summed E-state index contributed by atoms with van der Waals surface area (Å²) in [6.07, 6.45) is 5.00. The number of likely N-dealkylation sites (tertiary alicyclic amines) is 2. The quantitative estimate of drug-likeness (QED) is 0.784. The van der Waals surface area contributed by atoms with Gasteiger partial charge in [-0.15, -0.1) is 0 Å². The molecule has 2 heterocycles. The summed E-state index contributed by atoms with van der Waals surface area (Å²) in [6.45, 7) is 8.49. The third-order valence-electron chi connectivity index (χ3n) is 6.07. The van der Waals surface area contributed by atoms with Crippen LogP contribution in [0.1, 0.15) is 43.0 Å². The molecule has 0 saturated carbocycles. The van der Waals surface area contributed by atoms with Crippen LogP contribution in [0.2, 0.25) is 5.02 Å².